The summed E-state index contributed by atoms with van der Waals surface area (Å²) in [5.41, 5.74) is 0.883. The van der Waals surface area contributed by atoms with Crippen LogP contribution in [0.5, 0.6) is 0 Å². The smallest absolute Gasteiger partial charge is 0.270 e. The number of carbonyl (C=O) groups is 1. The van der Waals surface area contributed by atoms with Crippen molar-refractivity contribution in [3.63, 3.8) is 0 Å². The lowest BCUT2D eigenvalue weighted by molar-refractivity contribution is -0.384. The van der Waals surface area contributed by atoms with Gasteiger partial charge in [0.1, 0.15) is 11.9 Å². The molecule has 0 bridgehead atoms. The molecule has 1 saturated carbocycles. The SMILES string of the molecule is CN(c1ccc([N+](=O)[O-])cc1C#N)C1CCC(=O)CC1. The van der Waals surface area contributed by atoms with E-state index in [4.69, 9.17) is 5.26 Å². The first-order valence-corrected chi connectivity index (χ1v) is 6.46. The van der Waals surface area contributed by atoms with E-state index in [2.05, 4.69) is 0 Å². The molecule has 0 heterocycles. The van der Waals surface area contributed by atoms with E-state index in [1.165, 1.54) is 12.1 Å². The molecule has 0 amide bonds. The molecule has 20 heavy (non-hydrogen) atoms. The van der Waals surface area contributed by atoms with E-state index in [1.807, 2.05) is 18.0 Å². The number of hydrogen-bond donors (Lipinski definition) is 0. The number of nitro benzene ring substituents is 1. The van der Waals surface area contributed by atoms with Crippen LogP contribution in [0.4, 0.5) is 11.4 Å². The summed E-state index contributed by atoms with van der Waals surface area (Å²) in [6.07, 6.45) is 2.64. The van der Waals surface area contributed by atoms with Gasteiger partial charge in [0.05, 0.1) is 16.2 Å². The summed E-state index contributed by atoms with van der Waals surface area (Å²) in [5.74, 6) is 0.277. The fourth-order valence-electron chi connectivity index (χ4n) is 2.54. The largest absolute Gasteiger partial charge is 0.371 e. The molecule has 6 nitrogen and oxygen atoms in total. The van der Waals surface area contributed by atoms with Gasteiger partial charge in [0, 0.05) is 38.1 Å². The number of Topliss-reactive ketones (excluding diaryl/α,β-unsaturated/α-hetero) is 1. The van der Waals surface area contributed by atoms with Crippen molar-refractivity contribution in [2.75, 3.05) is 11.9 Å². The van der Waals surface area contributed by atoms with E-state index in [0.717, 1.165) is 12.8 Å². The maximum absolute atomic E-state index is 11.3. The molecule has 0 radical (unpaired) electrons. The van der Waals surface area contributed by atoms with Crippen LogP contribution in [0.1, 0.15) is 31.2 Å². The minimum Gasteiger partial charge on any atom is -0.371 e. The highest BCUT2D eigenvalue weighted by atomic mass is 16.6. The number of rotatable bonds is 3. The van der Waals surface area contributed by atoms with Crippen molar-refractivity contribution in [3.8, 4) is 6.07 Å². The van der Waals surface area contributed by atoms with Crippen molar-refractivity contribution in [1.82, 2.24) is 0 Å². The van der Waals surface area contributed by atoms with Crippen molar-refractivity contribution < 1.29 is 9.72 Å². The Morgan fingerprint density at radius 3 is 2.60 bits per heavy atom. The van der Waals surface area contributed by atoms with E-state index in [1.54, 1.807) is 6.07 Å². The number of ketones is 1. The molecular formula is C14H15N3O3. The Morgan fingerprint density at radius 2 is 2.05 bits per heavy atom. The number of carbonyl (C=O) groups excluding carboxylic acids is 1. The normalized spacial score (nSPS) is 15.7. The molecule has 1 aliphatic carbocycles. The van der Waals surface area contributed by atoms with Gasteiger partial charge in [0.25, 0.3) is 5.69 Å². The van der Waals surface area contributed by atoms with Crippen LogP contribution < -0.4 is 4.90 Å². The van der Waals surface area contributed by atoms with Gasteiger partial charge in [-0.15, -0.1) is 0 Å². The zero-order valence-electron chi connectivity index (χ0n) is 11.2. The number of nitriles is 1. The third-order valence-electron chi connectivity index (χ3n) is 3.75. The lowest BCUT2D eigenvalue weighted by Gasteiger charge is -2.32. The molecule has 0 aromatic heterocycles. The summed E-state index contributed by atoms with van der Waals surface area (Å²) in [7, 11) is 1.86. The van der Waals surface area contributed by atoms with Gasteiger partial charge in [-0.1, -0.05) is 0 Å². The predicted molar refractivity (Wildman–Crippen MR) is 73.5 cm³/mol. The molecule has 0 saturated heterocycles. The predicted octanol–water partition coefficient (Wildman–Crippen LogP) is 2.41. The monoisotopic (exact) mass is 273 g/mol. The Labute approximate surface area is 116 Å². The molecule has 2 rings (SSSR count). The topological polar surface area (TPSA) is 87.2 Å². The van der Waals surface area contributed by atoms with E-state index >= 15 is 0 Å². The molecule has 1 fully saturated rings. The van der Waals surface area contributed by atoms with Gasteiger partial charge in [0.2, 0.25) is 0 Å². The number of benzene rings is 1. The molecule has 6 heteroatoms. The van der Waals surface area contributed by atoms with Gasteiger partial charge in [-0.05, 0) is 18.9 Å². The second-order valence-corrected chi connectivity index (χ2v) is 4.95. The maximum atomic E-state index is 11.3. The summed E-state index contributed by atoms with van der Waals surface area (Å²) in [4.78, 5) is 23.4. The number of nitro groups is 1. The van der Waals surface area contributed by atoms with Crippen LogP contribution in [0.3, 0.4) is 0 Å². The van der Waals surface area contributed by atoms with Gasteiger partial charge >= 0.3 is 0 Å². The first-order valence-electron chi connectivity index (χ1n) is 6.46. The van der Waals surface area contributed by atoms with Crippen molar-refractivity contribution in [2.24, 2.45) is 0 Å². The minimum atomic E-state index is -0.510. The second kappa shape index (κ2) is 5.70. The lowest BCUT2D eigenvalue weighted by atomic mass is 9.93. The lowest BCUT2D eigenvalue weighted by Crippen LogP contribution is -2.35. The molecule has 0 unspecified atom stereocenters. The van der Waals surface area contributed by atoms with E-state index in [9.17, 15) is 14.9 Å². The highest BCUT2D eigenvalue weighted by Crippen LogP contribution is 2.29. The Balaban J connectivity index is 2.25. The fourth-order valence-corrected chi connectivity index (χ4v) is 2.54. The van der Waals surface area contributed by atoms with E-state index in [0.29, 0.717) is 24.1 Å². The number of non-ortho nitro benzene ring substituents is 1. The summed E-state index contributed by atoms with van der Waals surface area (Å²) in [5, 5.41) is 19.9. The van der Waals surface area contributed by atoms with Gasteiger partial charge in [0.15, 0.2) is 0 Å². The Morgan fingerprint density at radius 1 is 1.40 bits per heavy atom. The van der Waals surface area contributed by atoms with E-state index < -0.39 is 4.92 Å². The summed E-state index contributed by atoms with van der Waals surface area (Å²) in [6.45, 7) is 0. The van der Waals surface area contributed by atoms with Crippen LogP contribution in [-0.2, 0) is 4.79 Å². The minimum absolute atomic E-state index is 0.0856. The Bertz CT molecular complexity index is 582. The van der Waals surface area contributed by atoms with Gasteiger partial charge in [-0.25, -0.2) is 0 Å². The molecule has 1 aliphatic rings. The Hall–Kier alpha value is -2.42. The summed E-state index contributed by atoms with van der Waals surface area (Å²) in [6, 6.07) is 6.50. The van der Waals surface area contributed by atoms with Crippen LogP contribution in [0.15, 0.2) is 18.2 Å². The van der Waals surface area contributed by atoms with Crippen molar-refractivity contribution in [3.05, 3.63) is 33.9 Å². The zero-order chi connectivity index (χ0) is 14.7. The molecule has 1 aromatic carbocycles. The quantitative estimate of drug-likeness (QED) is 0.623. The zero-order valence-corrected chi connectivity index (χ0v) is 11.2. The fraction of sp³-hybridized carbons (Fsp3) is 0.429. The van der Waals surface area contributed by atoms with Crippen molar-refractivity contribution >= 4 is 17.2 Å². The number of nitrogens with zero attached hydrogens (tertiary/aromatic N) is 3. The third kappa shape index (κ3) is 2.77. The molecule has 0 spiro atoms. The van der Waals surface area contributed by atoms with Crippen molar-refractivity contribution in [2.45, 2.75) is 31.7 Å². The maximum Gasteiger partial charge on any atom is 0.270 e. The highest BCUT2D eigenvalue weighted by molar-refractivity contribution is 5.79. The number of hydrogen-bond acceptors (Lipinski definition) is 5. The van der Waals surface area contributed by atoms with E-state index in [-0.39, 0.29) is 17.5 Å². The van der Waals surface area contributed by atoms with Crippen LogP contribution in [0.25, 0.3) is 0 Å². The number of anilines is 1. The molecular weight excluding hydrogens is 258 g/mol. The van der Waals surface area contributed by atoms with Crippen LogP contribution in [0, 0.1) is 21.4 Å². The second-order valence-electron chi connectivity index (χ2n) is 4.95. The van der Waals surface area contributed by atoms with Crippen molar-refractivity contribution in [1.29, 1.82) is 5.26 Å². The molecule has 0 aliphatic heterocycles. The van der Waals surface area contributed by atoms with Gasteiger partial charge < -0.3 is 4.90 Å². The first kappa shape index (κ1) is 14.0. The summed E-state index contributed by atoms with van der Waals surface area (Å²) < 4.78 is 0. The molecule has 0 N–H and O–H groups in total. The van der Waals surface area contributed by atoms with Gasteiger partial charge in [-0.3, -0.25) is 14.9 Å². The highest BCUT2D eigenvalue weighted by Gasteiger charge is 2.24. The average Bonchev–Trinajstić information content (AvgIpc) is 2.46. The standard InChI is InChI=1S/C14H15N3O3/c1-16(11-2-5-13(18)6-3-11)14-7-4-12(17(19)20)8-10(14)9-15/h4,7-8,11H,2-3,5-6H2,1H3. The summed E-state index contributed by atoms with van der Waals surface area (Å²) >= 11 is 0. The Kier molecular flexibility index (Phi) is 3.99. The third-order valence-corrected chi connectivity index (χ3v) is 3.75. The molecule has 0 atom stereocenters. The first-order chi connectivity index (χ1) is 9.52. The van der Waals surface area contributed by atoms with Crippen LogP contribution in [-0.4, -0.2) is 23.8 Å². The molecule has 1 aromatic rings. The van der Waals surface area contributed by atoms with Crippen LogP contribution >= 0.6 is 0 Å². The van der Waals surface area contributed by atoms with Gasteiger partial charge in [-0.2, -0.15) is 5.26 Å². The molecule has 104 valence electrons. The van der Waals surface area contributed by atoms with Crippen LogP contribution in [0.2, 0.25) is 0 Å². The average molecular weight is 273 g/mol.